The Morgan fingerprint density at radius 1 is 0.833 bits per heavy atom. The fourth-order valence-electron chi connectivity index (χ4n) is 3.08. The average Bonchev–Trinajstić information content (AvgIpc) is 3.14. The van der Waals surface area contributed by atoms with Gasteiger partial charge in [0.1, 0.15) is 0 Å². The second kappa shape index (κ2) is 7.97. The number of aromatic nitrogens is 2. The van der Waals surface area contributed by atoms with Gasteiger partial charge in [0.05, 0.1) is 16.3 Å². The van der Waals surface area contributed by atoms with Crippen LogP contribution in [-0.2, 0) is 10.0 Å². The Labute approximate surface area is 181 Å². The summed E-state index contributed by atoms with van der Waals surface area (Å²) in [5.41, 5.74) is 5.24. The zero-order valence-electron chi connectivity index (χ0n) is 16.5. The summed E-state index contributed by atoms with van der Waals surface area (Å²) in [5.74, 6) is 0. The van der Waals surface area contributed by atoms with Crippen molar-refractivity contribution in [1.82, 2.24) is 9.89 Å². The van der Waals surface area contributed by atoms with Gasteiger partial charge in [0.15, 0.2) is 0 Å². The van der Waals surface area contributed by atoms with E-state index in [2.05, 4.69) is 9.93 Å². The van der Waals surface area contributed by atoms with Gasteiger partial charge in [-0.3, -0.25) is 0 Å². The summed E-state index contributed by atoms with van der Waals surface area (Å²) in [7, 11) is -3.81. The first-order chi connectivity index (χ1) is 14.3. The molecule has 0 aliphatic carbocycles. The van der Waals surface area contributed by atoms with E-state index < -0.39 is 10.0 Å². The van der Waals surface area contributed by atoms with Gasteiger partial charge in [-0.15, -0.1) is 0 Å². The fourth-order valence-corrected chi connectivity index (χ4v) is 4.20. The van der Waals surface area contributed by atoms with Gasteiger partial charge in [0, 0.05) is 16.1 Å². The van der Waals surface area contributed by atoms with Crippen molar-refractivity contribution in [3.8, 4) is 22.5 Å². The molecule has 0 unspecified atom stereocenters. The highest BCUT2D eigenvalue weighted by molar-refractivity contribution is 7.92. The van der Waals surface area contributed by atoms with Crippen LogP contribution in [0.25, 0.3) is 22.5 Å². The van der Waals surface area contributed by atoms with Gasteiger partial charge in [-0.05, 0) is 61.4 Å². The molecule has 1 heterocycles. The van der Waals surface area contributed by atoms with E-state index in [1.807, 2.05) is 50.2 Å². The summed E-state index contributed by atoms with van der Waals surface area (Å²) in [4.78, 5) is 4.07. The van der Waals surface area contributed by atoms with Gasteiger partial charge in [-0.25, -0.2) is 0 Å². The Balaban J connectivity index is 1.83. The van der Waals surface area contributed by atoms with Crippen LogP contribution >= 0.6 is 11.6 Å². The zero-order valence-corrected chi connectivity index (χ0v) is 18.1. The molecule has 0 spiro atoms. The summed E-state index contributed by atoms with van der Waals surface area (Å²) >= 11 is 6.00. The van der Waals surface area contributed by atoms with Crippen molar-refractivity contribution in [2.24, 2.45) is 0 Å². The van der Waals surface area contributed by atoms with Crippen LogP contribution in [0.2, 0.25) is 5.02 Å². The molecule has 0 atom stereocenters. The van der Waals surface area contributed by atoms with Crippen molar-refractivity contribution in [3.05, 3.63) is 95.0 Å². The number of hydrogen-bond donors (Lipinski definition) is 1. The number of hydrogen-bond acceptors (Lipinski definition) is 3. The number of nitrogens with zero attached hydrogens (tertiary/aromatic N) is 2. The lowest BCUT2D eigenvalue weighted by atomic mass is 10.0. The molecule has 1 N–H and O–H groups in total. The molecule has 0 amide bonds. The maximum absolute atomic E-state index is 12.9. The highest BCUT2D eigenvalue weighted by Crippen LogP contribution is 2.28. The minimum Gasteiger partial charge on any atom is -0.200 e. The lowest BCUT2D eigenvalue weighted by Gasteiger charge is -2.12. The summed E-state index contributed by atoms with van der Waals surface area (Å²) < 4.78 is 25.8. The standard InChI is InChI=1S/C23H20ClN3O2S/c1-16-8-9-19(14-17(16)2)23-15-22(18-10-12-20(24)13-11-18)25-27(23)26-30(28,29)21-6-4-3-5-7-21/h3-15,26H,1-2H3. The van der Waals surface area contributed by atoms with Crippen LogP contribution < -0.4 is 4.83 Å². The van der Waals surface area contributed by atoms with E-state index in [9.17, 15) is 8.42 Å². The number of sulfonamides is 1. The van der Waals surface area contributed by atoms with Gasteiger partial charge in [-0.1, -0.05) is 54.1 Å². The third kappa shape index (κ3) is 4.10. The van der Waals surface area contributed by atoms with E-state index in [4.69, 9.17) is 11.6 Å². The molecule has 3 aromatic carbocycles. The molecule has 0 saturated heterocycles. The first kappa shape index (κ1) is 20.2. The third-order valence-electron chi connectivity index (χ3n) is 4.91. The molecule has 0 saturated carbocycles. The van der Waals surface area contributed by atoms with Crippen LogP contribution in [0.15, 0.2) is 83.8 Å². The number of benzene rings is 3. The molecular formula is C23H20ClN3O2S. The largest absolute Gasteiger partial charge is 0.276 e. The molecule has 0 bridgehead atoms. The van der Waals surface area contributed by atoms with Crippen molar-refractivity contribution in [3.63, 3.8) is 0 Å². The molecule has 0 fully saturated rings. The molecule has 1 aromatic heterocycles. The van der Waals surface area contributed by atoms with Gasteiger partial charge < -0.3 is 0 Å². The van der Waals surface area contributed by atoms with E-state index in [0.717, 1.165) is 22.3 Å². The summed E-state index contributed by atoms with van der Waals surface area (Å²) in [6.07, 6.45) is 0. The number of rotatable bonds is 5. The Morgan fingerprint density at radius 3 is 2.17 bits per heavy atom. The first-order valence-corrected chi connectivity index (χ1v) is 11.2. The molecular weight excluding hydrogens is 418 g/mol. The van der Waals surface area contributed by atoms with Crippen LogP contribution in [-0.4, -0.2) is 18.3 Å². The van der Waals surface area contributed by atoms with Gasteiger partial charge in [0.2, 0.25) is 0 Å². The van der Waals surface area contributed by atoms with Gasteiger partial charge in [0.25, 0.3) is 10.0 Å². The molecule has 152 valence electrons. The number of aryl methyl sites for hydroxylation is 2. The normalized spacial score (nSPS) is 11.4. The molecule has 5 nitrogen and oxygen atoms in total. The lowest BCUT2D eigenvalue weighted by molar-refractivity contribution is 0.592. The maximum Gasteiger partial charge on any atom is 0.276 e. The minimum atomic E-state index is -3.81. The summed E-state index contributed by atoms with van der Waals surface area (Å²) in [5, 5.41) is 5.16. The third-order valence-corrected chi connectivity index (χ3v) is 6.47. The monoisotopic (exact) mass is 437 g/mol. The predicted molar refractivity (Wildman–Crippen MR) is 121 cm³/mol. The molecule has 4 rings (SSSR count). The summed E-state index contributed by atoms with van der Waals surface area (Å²) in [6, 6.07) is 23.3. The topological polar surface area (TPSA) is 64.0 Å². The molecule has 7 heteroatoms. The van der Waals surface area contributed by atoms with Crippen molar-refractivity contribution in [1.29, 1.82) is 0 Å². The van der Waals surface area contributed by atoms with Gasteiger partial charge in [-0.2, -0.15) is 23.1 Å². The molecule has 0 aliphatic rings. The average molecular weight is 438 g/mol. The van der Waals surface area contributed by atoms with Crippen LogP contribution in [0.1, 0.15) is 11.1 Å². The zero-order chi connectivity index (χ0) is 21.3. The SMILES string of the molecule is Cc1ccc(-c2cc(-c3ccc(Cl)cc3)nn2NS(=O)(=O)c2ccccc2)cc1C. The second-order valence-corrected chi connectivity index (χ2v) is 9.14. The van der Waals surface area contributed by atoms with Crippen molar-refractivity contribution in [2.45, 2.75) is 18.7 Å². The number of nitrogens with one attached hydrogen (secondary N) is 1. The van der Waals surface area contributed by atoms with Crippen LogP contribution in [0.3, 0.4) is 0 Å². The first-order valence-electron chi connectivity index (χ1n) is 9.35. The van der Waals surface area contributed by atoms with Crippen molar-refractivity contribution >= 4 is 21.6 Å². The van der Waals surface area contributed by atoms with E-state index in [1.165, 1.54) is 4.79 Å². The Morgan fingerprint density at radius 2 is 1.50 bits per heavy atom. The van der Waals surface area contributed by atoms with Gasteiger partial charge >= 0.3 is 0 Å². The van der Waals surface area contributed by atoms with Crippen LogP contribution in [0, 0.1) is 13.8 Å². The molecule has 4 aromatic rings. The smallest absolute Gasteiger partial charge is 0.200 e. The van der Waals surface area contributed by atoms with Crippen molar-refractivity contribution in [2.75, 3.05) is 4.83 Å². The quantitative estimate of drug-likeness (QED) is 0.453. The Hall–Kier alpha value is -3.09. The Kier molecular flexibility index (Phi) is 5.37. The van der Waals surface area contributed by atoms with Crippen molar-refractivity contribution < 1.29 is 8.42 Å². The van der Waals surface area contributed by atoms with E-state index in [1.54, 1.807) is 42.5 Å². The Bertz CT molecular complexity index is 1300. The van der Waals surface area contributed by atoms with Crippen LogP contribution in [0.5, 0.6) is 0 Å². The van der Waals surface area contributed by atoms with E-state index in [0.29, 0.717) is 16.4 Å². The maximum atomic E-state index is 12.9. The highest BCUT2D eigenvalue weighted by atomic mass is 35.5. The van der Waals surface area contributed by atoms with E-state index in [-0.39, 0.29) is 4.90 Å². The summed E-state index contributed by atoms with van der Waals surface area (Å²) in [6.45, 7) is 4.06. The fraction of sp³-hybridized carbons (Fsp3) is 0.0870. The second-order valence-electron chi connectivity index (χ2n) is 7.04. The predicted octanol–water partition coefficient (Wildman–Crippen LogP) is 5.42. The molecule has 0 radical (unpaired) electrons. The minimum absolute atomic E-state index is 0.166. The molecule has 30 heavy (non-hydrogen) atoms. The lowest BCUT2D eigenvalue weighted by Crippen LogP contribution is -2.25. The molecule has 0 aliphatic heterocycles. The highest BCUT2D eigenvalue weighted by Gasteiger charge is 2.19. The number of halogens is 1. The van der Waals surface area contributed by atoms with E-state index >= 15 is 0 Å². The van der Waals surface area contributed by atoms with Crippen LogP contribution in [0.4, 0.5) is 0 Å².